The van der Waals surface area contributed by atoms with Crippen LogP contribution in [0.2, 0.25) is 5.15 Å². The summed E-state index contributed by atoms with van der Waals surface area (Å²) >= 11 is 11.8. The fourth-order valence-electron chi connectivity index (χ4n) is 1.42. The third-order valence-electron chi connectivity index (χ3n) is 2.15. The SMILES string of the molecule is Cn1cc(-c2ccnc(Cl)c2CCl)cn1. The van der Waals surface area contributed by atoms with Crippen molar-refractivity contribution in [3.63, 3.8) is 0 Å². The van der Waals surface area contributed by atoms with Gasteiger partial charge in [-0.15, -0.1) is 11.6 Å². The average Bonchev–Trinajstić information content (AvgIpc) is 2.64. The lowest BCUT2D eigenvalue weighted by molar-refractivity contribution is 0.768. The second-order valence-electron chi connectivity index (χ2n) is 3.16. The molecule has 0 aromatic carbocycles. The smallest absolute Gasteiger partial charge is 0.134 e. The van der Waals surface area contributed by atoms with Gasteiger partial charge in [0.2, 0.25) is 0 Å². The molecule has 0 fully saturated rings. The summed E-state index contributed by atoms with van der Waals surface area (Å²) in [5.41, 5.74) is 2.82. The quantitative estimate of drug-likeness (QED) is 0.598. The van der Waals surface area contributed by atoms with E-state index in [0.717, 1.165) is 16.7 Å². The molecule has 2 aromatic heterocycles. The van der Waals surface area contributed by atoms with Crippen LogP contribution in [0.15, 0.2) is 24.7 Å². The number of pyridine rings is 1. The first-order chi connectivity index (χ1) is 7.22. The fourth-order valence-corrected chi connectivity index (χ4v) is 1.99. The summed E-state index contributed by atoms with van der Waals surface area (Å²) in [7, 11) is 1.87. The van der Waals surface area contributed by atoms with E-state index in [1.54, 1.807) is 17.1 Å². The van der Waals surface area contributed by atoms with Crippen LogP contribution in [0.1, 0.15) is 5.56 Å². The van der Waals surface area contributed by atoms with Crippen molar-refractivity contribution in [3.05, 3.63) is 35.4 Å². The average molecular weight is 242 g/mol. The molecule has 2 aromatic rings. The van der Waals surface area contributed by atoms with E-state index < -0.39 is 0 Å². The molecule has 0 amide bonds. The van der Waals surface area contributed by atoms with Crippen molar-refractivity contribution in [3.8, 4) is 11.1 Å². The number of nitrogens with zero attached hydrogens (tertiary/aromatic N) is 3. The molecule has 0 aliphatic heterocycles. The molecule has 5 heteroatoms. The van der Waals surface area contributed by atoms with Gasteiger partial charge in [0, 0.05) is 30.6 Å². The predicted octanol–water partition coefficient (Wildman–Crippen LogP) is 2.87. The molecule has 2 heterocycles. The summed E-state index contributed by atoms with van der Waals surface area (Å²) in [6, 6.07) is 1.89. The zero-order valence-electron chi connectivity index (χ0n) is 8.11. The van der Waals surface area contributed by atoms with Gasteiger partial charge in [-0.2, -0.15) is 5.10 Å². The maximum atomic E-state index is 5.96. The van der Waals surface area contributed by atoms with Crippen molar-refractivity contribution in [2.45, 2.75) is 5.88 Å². The largest absolute Gasteiger partial charge is 0.275 e. The first kappa shape index (κ1) is 10.5. The van der Waals surface area contributed by atoms with Crippen LogP contribution >= 0.6 is 23.2 Å². The number of rotatable bonds is 2. The highest BCUT2D eigenvalue weighted by molar-refractivity contribution is 6.31. The molecule has 0 radical (unpaired) electrons. The van der Waals surface area contributed by atoms with E-state index in [1.165, 1.54) is 0 Å². The lowest BCUT2D eigenvalue weighted by Gasteiger charge is -2.05. The third-order valence-corrected chi connectivity index (χ3v) is 2.75. The van der Waals surface area contributed by atoms with Gasteiger partial charge in [-0.3, -0.25) is 4.68 Å². The van der Waals surface area contributed by atoms with Gasteiger partial charge in [0.1, 0.15) is 5.15 Å². The van der Waals surface area contributed by atoms with Crippen molar-refractivity contribution in [2.75, 3.05) is 0 Å². The number of aryl methyl sites for hydroxylation is 1. The van der Waals surface area contributed by atoms with Gasteiger partial charge < -0.3 is 0 Å². The van der Waals surface area contributed by atoms with Gasteiger partial charge >= 0.3 is 0 Å². The number of halogens is 2. The zero-order valence-corrected chi connectivity index (χ0v) is 9.63. The normalized spacial score (nSPS) is 10.6. The Labute approximate surface area is 97.7 Å². The Morgan fingerprint density at radius 1 is 1.47 bits per heavy atom. The summed E-state index contributed by atoms with van der Waals surface area (Å²) in [6.07, 6.45) is 5.37. The second-order valence-corrected chi connectivity index (χ2v) is 3.79. The maximum Gasteiger partial charge on any atom is 0.134 e. The summed E-state index contributed by atoms with van der Waals surface area (Å²) in [4.78, 5) is 4.00. The number of aromatic nitrogens is 3. The van der Waals surface area contributed by atoms with Crippen LogP contribution < -0.4 is 0 Å². The minimum atomic E-state index is 0.344. The lowest BCUT2D eigenvalue weighted by atomic mass is 10.1. The van der Waals surface area contributed by atoms with E-state index >= 15 is 0 Å². The van der Waals surface area contributed by atoms with E-state index in [0.29, 0.717) is 11.0 Å². The van der Waals surface area contributed by atoms with E-state index in [1.807, 2.05) is 19.3 Å². The predicted molar refractivity (Wildman–Crippen MR) is 61.0 cm³/mol. The number of hydrogen-bond donors (Lipinski definition) is 0. The second kappa shape index (κ2) is 4.21. The molecule has 0 aliphatic rings. The zero-order chi connectivity index (χ0) is 10.8. The Bertz CT molecular complexity index is 479. The Morgan fingerprint density at radius 3 is 2.87 bits per heavy atom. The Morgan fingerprint density at radius 2 is 2.27 bits per heavy atom. The van der Waals surface area contributed by atoms with E-state index in [2.05, 4.69) is 10.1 Å². The molecule has 0 N–H and O–H groups in total. The van der Waals surface area contributed by atoms with Crippen molar-refractivity contribution in [1.82, 2.24) is 14.8 Å². The minimum Gasteiger partial charge on any atom is -0.275 e. The van der Waals surface area contributed by atoms with Crippen LogP contribution in [0.5, 0.6) is 0 Å². The maximum absolute atomic E-state index is 5.96. The molecule has 0 saturated heterocycles. The van der Waals surface area contributed by atoms with E-state index in [9.17, 15) is 0 Å². The number of hydrogen-bond acceptors (Lipinski definition) is 2. The summed E-state index contributed by atoms with van der Waals surface area (Å²) in [6.45, 7) is 0. The van der Waals surface area contributed by atoms with Crippen LogP contribution in [0.3, 0.4) is 0 Å². The van der Waals surface area contributed by atoms with Gasteiger partial charge in [0.25, 0.3) is 0 Å². The van der Waals surface area contributed by atoms with Crippen LogP contribution in [0, 0.1) is 0 Å². The Kier molecular flexibility index (Phi) is 2.93. The highest BCUT2D eigenvalue weighted by atomic mass is 35.5. The molecule has 3 nitrogen and oxygen atoms in total. The Hall–Kier alpha value is -1.06. The molecular weight excluding hydrogens is 233 g/mol. The standard InChI is InChI=1S/C10H9Cl2N3/c1-15-6-7(5-14-15)8-2-3-13-10(12)9(8)4-11/h2-3,5-6H,4H2,1H3. The monoisotopic (exact) mass is 241 g/mol. The summed E-state index contributed by atoms with van der Waals surface area (Å²) in [5.74, 6) is 0.344. The summed E-state index contributed by atoms with van der Waals surface area (Å²) < 4.78 is 1.74. The molecule has 0 bridgehead atoms. The van der Waals surface area contributed by atoms with Crippen molar-refractivity contribution < 1.29 is 0 Å². The molecule has 2 rings (SSSR count). The molecule has 0 spiro atoms. The minimum absolute atomic E-state index is 0.344. The topological polar surface area (TPSA) is 30.7 Å². The Balaban J connectivity index is 2.57. The van der Waals surface area contributed by atoms with Crippen molar-refractivity contribution >= 4 is 23.2 Å². The first-order valence-electron chi connectivity index (χ1n) is 4.40. The van der Waals surface area contributed by atoms with Gasteiger partial charge in [-0.25, -0.2) is 4.98 Å². The highest BCUT2D eigenvalue weighted by Crippen LogP contribution is 2.28. The van der Waals surface area contributed by atoms with Gasteiger partial charge in [-0.05, 0) is 11.6 Å². The number of alkyl halides is 1. The van der Waals surface area contributed by atoms with Gasteiger partial charge in [0.05, 0.1) is 12.1 Å². The van der Waals surface area contributed by atoms with Crippen LogP contribution in [-0.4, -0.2) is 14.8 Å². The van der Waals surface area contributed by atoms with Crippen molar-refractivity contribution in [2.24, 2.45) is 7.05 Å². The molecular formula is C10H9Cl2N3. The fraction of sp³-hybridized carbons (Fsp3) is 0.200. The molecule has 15 heavy (non-hydrogen) atoms. The molecule has 0 saturated carbocycles. The molecule has 0 unspecified atom stereocenters. The van der Waals surface area contributed by atoms with Crippen LogP contribution in [-0.2, 0) is 12.9 Å². The van der Waals surface area contributed by atoms with Gasteiger partial charge in [0.15, 0.2) is 0 Å². The van der Waals surface area contributed by atoms with Crippen LogP contribution in [0.25, 0.3) is 11.1 Å². The molecule has 0 aliphatic carbocycles. The first-order valence-corrected chi connectivity index (χ1v) is 5.32. The van der Waals surface area contributed by atoms with E-state index in [4.69, 9.17) is 23.2 Å². The third kappa shape index (κ3) is 1.98. The van der Waals surface area contributed by atoms with Crippen molar-refractivity contribution in [1.29, 1.82) is 0 Å². The van der Waals surface area contributed by atoms with Crippen LogP contribution in [0.4, 0.5) is 0 Å². The summed E-state index contributed by atoms with van der Waals surface area (Å²) in [5, 5.41) is 4.56. The van der Waals surface area contributed by atoms with E-state index in [-0.39, 0.29) is 0 Å². The highest BCUT2D eigenvalue weighted by Gasteiger charge is 2.10. The molecule has 78 valence electrons. The molecule has 0 atom stereocenters. The lowest BCUT2D eigenvalue weighted by Crippen LogP contribution is -1.89. The van der Waals surface area contributed by atoms with Gasteiger partial charge in [-0.1, -0.05) is 11.6 Å².